The topological polar surface area (TPSA) is 96.8 Å². The van der Waals surface area contributed by atoms with Gasteiger partial charge in [-0.3, -0.25) is 10.1 Å². The summed E-state index contributed by atoms with van der Waals surface area (Å²) in [5, 5.41) is 10.9. The van der Waals surface area contributed by atoms with E-state index >= 15 is 0 Å². The van der Waals surface area contributed by atoms with Crippen LogP contribution in [0.3, 0.4) is 0 Å². The lowest BCUT2D eigenvalue weighted by atomic mass is 10.2. The van der Waals surface area contributed by atoms with E-state index < -0.39 is 4.92 Å². The molecule has 7 nitrogen and oxygen atoms in total. The van der Waals surface area contributed by atoms with E-state index in [1.807, 2.05) is 0 Å². The second kappa shape index (κ2) is 9.24. The second-order valence-electron chi connectivity index (χ2n) is 4.07. The Bertz CT molecular complexity index is 425. The van der Waals surface area contributed by atoms with Crippen LogP contribution in [0.15, 0.2) is 18.2 Å². The zero-order chi connectivity index (χ0) is 14.8. The first-order valence-electron chi connectivity index (χ1n) is 6.36. The lowest BCUT2D eigenvalue weighted by Crippen LogP contribution is -2.07. The highest BCUT2D eigenvalue weighted by molar-refractivity contribution is 5.48. The molecule has 0 saturated carbocycles. The quantitative estimate of drug-likeness (QED) is 0.397. The van der Waals surface area contributed by atoms with Crippen molar-refractivity contribution in [2.75, 3.05) is 33.5 Å². The van der Waals surface area contributed by atoms with E-state index in [1.54, 1.807) is 19.2 Å². The summed E-state index contributed by atoms with van der Waals surface area (Å²) in [6, 6.07) is 4.73. The molecule has 0 aliphatic carbocycles. The fourth-order valence-electron chi connectivity index (χ4n) is 1.54. The van der Waals surface area contributed by atoms with Crippen LogP contribution in [0, 0.1) is 10.1 Å². The molecule has 1 aromatic carbocycles. The molecule has 112 valence electrons. The largest absolute Gasteiger partial charge is 0.487 e. The molecule has 0 amide bonds. The molecule has 20 heavy (non-hydrogen) atoms. The van der Waals surface area contributed by atoms with Crippen LogP contribution >= 0.6 is 0 Å². The molecule has 0 unspecified atom stereocenters. The van der Waals surface area contributed by atoms with Crippen molar-refractivity contribution in [1.82, 2.24) is 0 Å². The van der Waals surface area contributed by atoms with Crippen molar-refractivity contribution in [1.29, 1.82) is 0 Å². The molecule has 0 spiro atoms. The highest BCUT2D eigenvalue weighted by atomic mass is 16.6. The lowest BCUT2D eigenvalue weighted by Gasteiger charge is -2.08. The van der Waals surface area contributed by atoms with Crippen LogP contribution in [0.5, 0.6) is 5.75 Å². The Balaban J connectivity index is 2.41. The van der Waals surface area contributed by atoms with Crippen molar-refractivity contribution in [2.45, 2.75) is 13.0 Å². The number of ether oxygens (including phenoxy) is 3. The van der Waals surface area contributed by atoms with Gasteiger partial charge < -0.3 is 19.9 Å². The SMILES string of the molecule is COCCOCCCOc1ccc(CN)cc1[N+](=O)[O-]. The summed E-state index contributed by atoms with van der Waals surface area (Å²) in [6.07, 6.45) is 0.652. The van der Waals surface area contributed by atoms with E-state index in [4.69, 9.17) is 19.9 Å². The van der Waals surface area contributed by atoms with Gasteiger partial charge >= 0.3 is 5.69 Å². The number of nitro groups is 1. The maximum absolute atomic E-state index is 10.9. The first-order valence-corrected chi connectivity index (χ1v) is 6.36. The molecular formula is C13H20N2O5. The number of nitrogens with zero attached hydrogens (tertiary/aromatic N) is 1. The predicted molar refractivity (Wildman–Crippen MR) is 73.8 cm³/mol. The minimum atomic E-state index is -0.469. The van der Waals surface area contributed by atoms with Gasteiger partial charge in [0.15, 0.2) is 5.75 Å². The third-order valence-corrected chi connectivity index (χ3v) is 2.58. The molecule has 7 heteroatoms. The highest BCUT2D eigenvalue weighted by Gasteiger charge is 2.15. The van der Waals surface area contributed by atoms with E-state index in [9.17, 15) is 10.1 Å². The summed E-state index contributed by atoms with van der Waals surface area (Å²) in [4.78, 5) is 10.5. The number of hydrogen-bond donors (Lipinski definition) is 1. The third-order valence-electron chi connectivity index (χ3n) is 2.58. The smallest absolute Gasteiger partial charge is 0.311 e. The van der Waals surface area contributed by atoms with E-state index in [0.717, 1.165) is 0 Å². The van der Waals surface area contributed by atoms with Gasteiger partial charge in [-0.15, -0.1) is 0 Å². The molecule has 1 aromatic rings. The van der Waals surface area contributed by atoms with Crippen molar-refractivity contribution in [3.63, 3.8) is 0 Å². The van der Waals surface area contributed by atoms with E-state index in [0.29, 0.717) is 38.4 Å². The normalized spacial score (nSPS) is 10.5. The van der Waals surface area contributed by atoms with Crippen LogP contribution in [-0.4, -0.2) is 38.5 Å². The van der Waals surface area contributed by atoms with Crippen LogP contribution in [0.1, 0.15) is 12.0 Å². The predicted octanol–water partition coefficient (Wildman–Crippen LogP) is 1.49. The third kappa shape index (κ3) is 5.52. The number of rotatable bonds is 10. The molecule has 0 aromatic heterocycles. The van der Waals surface area contributed by atoms with Crippen LogP contribution < -0.4 is 10.5 Å². The van der Waals surface area contributed by atoms with Crippen molar-refractivity contribution in [3.8, 4) is 5.75 Å². The standard InChI is InChI=1S/C13H20N2O5/c1-18-7-8-19-5-2-6-20-13-4-3-11(10-14)9-12(13)15(16)17/h3-4,9H,2,5-8,10,14H2,1H3. The van der Waals surface area contributed by atoms with E-state index in [1.165, 1.54) is 6.07 Å². The Kier molecular flexibility index (Phi) is 7.56. The highest BCUT2D eigenvalue weighted by Crippen LogP contribution is 2.27. The zero-order valence-corrected chi connectivity index (χ0v) is 11.5. The van der Waals surface area contributed by atoms with Gasteiger partial charge in [0, 0.05) is 32.7 Å². The summed E-state index contributed by atoms with van der Waals surface area (Å²) in [6.45, 7) is 2.22. The maximum Gasteiger partial charge on any atom is 0.311 e. The molecule has 2 N–H and O–H groups in total. The van der Waals surface area contributed by atoms with Crippen molar-refractivity contribution in [2.24, 2.45) is 5.73 Å². The molecule has 0 atom stereocenters. The van der Waals surface area contributed by atoms with Gasteiger partial charge in [0.1, 0.15) is 0 Å². The minimum Gasteiger partial charge on any atom is -0.487 e. The number of nitrogens with two attached hydrogens (primary N) is 1. The van der Waals surface area contributed by atoms with Gasteiger partial charge in [-0.25, -0.2) is 0 Å². The zero-order valence-electron chi connectivity index (χ0n) is 11.5. The average Bonchev–Trinajstić information content (AvgIpc) is 2.46. The summed E-state index contributed by atoms with van der Waals surface area (Å²) in [5.74, 6) is 0.254. The van der Waals surface area contributed by atoms with E-state index in [-0.39, 0.29) is 18.0 Å². The minimum absolute atomic E-state index is 0.0618. The van der Waals surface area contributed by atoms with Gasteiger partial charge in [0.2, 0.25) is 0 Å². The van der Waals surface area contributed by atoms with Gasteiger partial charge in [-0.05, 0) is 11.6 Å². The fraction of sp³-hybridized carbons (Fsp3) is 0.538. The van der Waals surface area contributed by atoms with Crippen LogP contribution in [0.4, 0.5) is 5.69 Å². The summed E-state index contributed by atoms with van der Waals surface area (Å²) >= 11 is 0. The molecule has 0 bridgehead atoms. The molecule has 1 rings (SSSR count). The van der Waals surface area contributed by atoms with E-state index in [2.05, 4.69) is 0 Å². The number of methoxy groups -OCH3 is 1. The Labute approximate surface area is 117 Å². The van der Waals surface area contributed by atoms with Crippen LogP contribution in [0.2, 0.25) is 0 Å². The molecule has 0 fully saturated rings. The van der Waals surface area contributed by atoms with Crippen molar-refractivity contribution in [3.05, 3.63) is 33.9 Å². The molecule has 0 aliphatic rings. The number of nitro benzene ring substituents is 1. The Morgan fingerprint density at radius 3 is 2.70 bits per heavy atom. The lowest BCUT2D eigenvalue weighted by molar-refractivity contribution is -0.385. The van der Waals surface area contributed by atoms with Crippen LogP contribution in [-0.2, 0) is 16.0 Å². The summed E-state index contributed by atoms with van der Waals surface area (Å²) in [5.41, 5.74) is 6.10. The van der Waals surface area contributed by atoms with Gasteiger partial charge in [0.05, 0.1) is 24.7 Å². The molecule has 0 heterocycles. The Morgan fingerprint density at radius 2 is 2.05 bits per heavy atom. The number of benzene rings is 1. The molecule has 0 saturated heterocycles. The average molecular weight is 284 g/mol. The summed E-state index contributed by atoms with van der Waals surface area (Å²) < 4.78 is 15.5. The fourth-order valence-corrected chi connectivity index (χ4v) is 1.54. The molecule has 0 radical (unpaired) electrons. The van der Waals surface area contributed by atoms with Crippen molar-refractivity contribution >= 4 is 5.69 Å². The Morgan fingerprint density at radius 1 is 1.25 bits per heavy atom. The second-order valence-corrected chi connectivity index (χ2v) is 4.07. The number of hydrogen-bond acceptors (Lipinski definition) is 6. The maximum atomic E-state index is 10.9. The van der Waals surface area contributed by atoms with Gasteiger partial charge in [0.25, 0.3) is 0 Å². The first kappa shape index (κ1) is 16.4. The molecule has 0 aliphatic heterocycles. The summed E-state index contributed by atoms with van der Waals surface area (Å²) in [7, 11) is 1.61. The van der Waals surface area contributed by atoms with Crippen LogP contribution in [0.25, 0.3) is 0 Å². The molecular weight excluding hydrogens is 264 g/mol. The van der Waals surface area contributed by atoms with Crippen molar-refractivity contribution < 1.29 is 19.1 Å². The van der Waals surface area contributed by atoms with Gasteiger partial charge in [-0.1, -0.05) is 6.07 Å². The monoisotopic (exact) mass is 284 g/mol. The Hall–Kier alpha value is -1.70. The van der Waals surface area contributed by atoms with Gasteiger partial charge in [-0.2, -0.15) is 0 Å². The first-order chi connectivity index (χ1) is 9.69.